The lowest BCUT2D eigenvalue weighted by Gasteiger charge is -2.26. The van der Waals surface area contributed by atoms with Gasteiger partial charge in [0.15, 0.2) is 0 Å². The average molecular weight is 316 g/mol. The lowest BCUT2D eigenvalue weighted by atomic mass is 9.95. The number of nitrogens with zero attached hydrogens (tertiary/aromatic N) is 1. The lowest BCUT2D eigenvalue weighted by molar-refractivity contribution is 0.0383. The van der Waals surface area contributed by atoms with E-state index in [1.54, 1.807) is 0 Å². The number of carbonyl (C=O) groups excluding carboxylic acids is 1. The molecule has 1 N–H and O–H groups in total. The Kier molecular flexibility index (Phi) is 6.37. The Labute approximate surface area is 139 Å². The van der Waals surface area contributed by atoms with E-state index in [9.17, 15) is 4.79 Å². The Morgan fingerprint density at radius 1 is 1.22 bits per heavy atom. The summed E-state index contributed by atoms with van der Waals surface area (Å²) in [7, 11) is 0. The first-order valence-electron chi connectivity index (χ1n) is 8.32. The zero-order valence-electron chi connectivity index (χ0n) is 14.5. The van der Waals surface area contributed by atoms with Crippen molar-refractivity contribution in [3.8, 4) is 0 Å². The summed E-state index contributed by atoms with van der Waals surface area (Å²) in [5.74, 6) is -0.00962. The van der Waals surface area contributed by atoms with Crippen LogP contribution in [0.4, 0.5) is 0 Å². The number of benzene rings is 1. The van der Waals surface area contributed by atoms with Crippen LogP contribution < -0.4 is 5.32 Å². The molecule has 0 unspecified atom stereocenters. The van der Waals surface area contributed by atoms with Crippen molar-refractivity contribution in [2.45, 2.75) is 20.8 Å². The lowest BCUT2D eigenvalue weighted by Crippen LogP contribution is -2.41. The largest absolute Gasteiger partial charge is 0.379 e. The van der Waals surface area contributed by atoms with Crippen LogP contribution in [-0.2, 0) is 4.74 Å². The minimum absolute atomic E-state index is 0.00962. The number of amides is 1. The third-order valence-corrected chi connectivity index (χ3v) is 3.77. The van der Waals surface area contributed by atoms with Crippen LogP contribution in [0.2, 0.25) is 0 Å². The first-order chi connectivity index (χ1) is 10.9. The molecule has 0 atom stereocenters. The Balaban J connectivity index is 1.79. The zero-order chi connectivity index (χ0) is 16.7. The number of hydrogen-bond acceptors (Lipinski definition) is 3. The summed E-state index contributed by atoms with van der Waals surface area (Å²) in [5.41, 5.74) is 1.99. The standard InChI is InChI=1S/C19H28N2O2/c1-19(2,3)9-8-16-4-6-17(7-5-16)18(22)20-10-11-21-12-14-23-15-13-21/h4-9H,10-15H2,1-3H3,(H,20,22)/b9-8+. The van der Waals surface area contributed by atoms with Crippen LogP contribution in [0, 0.1) is 5.41 Å². The molecule has 23 heavy (non-hydrogen) atoms. The van der Waals surface area contributed by atoms with Crippen molar-refractivity contribution < 1.29 is 9.53 Å². The van der Waals surface area contributed by atoms with Crippen LogP contribution in [0.25, 0.3) is 6.08 Å². The molecule has 1 amide bonds. The first kappa shape index (κ1) is 17.7. The number of hydrogen-bond donors (Lipinski definition) is 1. The molecule has 1 aromatic carbocycles. The van der Waals surface area contributed by atoms with Gasteiger partial charge in [-0.3, -0.25) is 9.69 Å². The molecule has 1 fully saturated rings. The van der Waals surface area contributed by atoms with E-state index >= 15 is 0 Å². The van der Waals surface area contributed by atoms with Crippen LogP contribution in [-0.4, -0.2) is 50.2 Å². The fourth-order valence-corrected chi connectivity index (χ4v) is 2.35. The molecule has 0 bridgehead atoms. The monoisotopic (exact) mass is 316 g/mol. The molecule has 2 rings (SSSR count). The van der Waals surface area contributed by atoms with Gasteiger partial charge in [-0.2, -0.15) is 0 Å². The first-order valence-corrected chi connectivity index (χ1v) is 8.32. The summed E-state index contributed by atoms with van der Waals surface area (Å²) in [6.45, 7) is 11.5. The van der Waals surface area contributed by atoms with Crippen LogP contribution in [0.3, 0.4) is 0 Å². The van der Waals surface area contributed by atoms with Gasteiger partial charge in [0, 0.05) is 31.7 Å². The fourth-order valence-electron chi connectivity index (χ4n) is 2.35. The summed E-state index contributed by atoms with van der Waals surface area (Å²) in [5, 5.41) is 2.98. The van der Waals surface area contributed by atoms with Gasteiger partial charge in [0.25, 0.3) is 5.91 Å². The summed E-state index contributed by atoms with van der Waals surface area (Å²) < 4.78 is 5.31. The maximum absolute atomic E-state index is 12.1. The molecule has 1 aliphatic heterocycles. The molecule has 0 saturated carbocycles. The molecule has 1 aliphatic rings. The van der Waals surface area contributed by atoms with Crippen molar-refractivity contribution in [1.29, 1.82) is 0 Å². The summed E-state index contributed by atoms with van der Waals surface area (Å²) >= 11 is 0. The predicted molar refractivity (Wildman–Crippen MR) is 94.5 cm³/mol. The van der Waals surface area contributed by atoms with Gasteiger partial charge < -0.3 is 10.1 Å². The molecular weight excluding hydrogens is 288 g/mol. The second-order valence-electron chi connectivity index (χ2n) is 7.03. The Morgan fingerprint density at radius 2 is 1.87 bits per heavy atom. The molecule has 126 valence electrons. The Hall–Kier alpha value is -1.65. The number of rotatable bonds is 5. The van der Waals surface area contributed by atoms with Crippen molar-refractivity contribution in [1.82, 2.24) is 10.2 Å². The summed E-state index contributed by atoms with van der Waals surface area (Å²) in [4.78, 5) is 14.5. The van der Waals surface area contributed by atoms with Crippen molar-refractivity contribution >= 4 is 12.0 Å². The number of ether oxygens (including phenoxy) is 1. The van der Waals surface area contributed by atoms with Gasteiger partial charge in [-0.05, 0) is 23.1 Å². The van der Waals surface area contributed by atoms with Gasteiger partial charge in [0.1, 0.15) is 0 Å². The predicted octanol–water partition coefficient (Wildman–Crippen LogP) is 2.81. The van der Waals surface area contributed by atoms with Gasteiger partial charge in [-0.15, -0.1) is 0 Å². The zero-order valence-corrected chi connectivity index (χ0v) is 14.5. The third kappa shape index (κ3) is 6.55. The maximum atomic E-state index is 12.1. The Bertz CT molecular complexity index is 523. The number of allylic oxidation sites excluding steroid dienone is 1. The van der Waals surface area contributed by atoms with Gasteiger partial charge in [-0.1, -0.05) is 45.1 Å². The highest BCUT2D eigenvalue weighted by atomic mass is 16.5. The highest BCUT2D eigenvalue weighted by molar-refractivity contribution is 5.94. The van der Waals surface area contributed by atoms with Crippen molar-refractivity contribution in [2.24, 2.45) is 5.41 Å². The van der Waals surface area contributed by atoms with Crippen molar-refractivity contribution in [3.05, 3.63) is 41.5 Å². The molecule has 0 radical (unpaired) electrons. The summed E-state index contributed by atoms with van der Waals surface area (Å²) in [6.07, 6.45) is 4.27. The maximum Gasteiger partial charge on any atom is 0.251 e. The molecule has 1 heterocycles. The highest BCUT2D eigenvalue weighted by Gasteiger charge is 2.11. The van der Waals surface area contributed by atoms with E-state index in [0.29, 0.717) is 12.1 Å². The molecule has 4 nitrogen and oxygen atoms in total. The molecule has 0 aliphatic carbocycles. The van der Waals surface area contributed by atoms with Crippen LogP contribution in [0.5, 0.6) is 0 Å². The minimum atomic E-state index is -0.00962. The van der Waals surface area contributed by atoms with E-state index in [1.165, 1.54) is 0 Å². The molecule has 0 spiro atoms. The van der Waals surface area contributed by atoms with Gasteiger partial charge in [-0.25, -0.2) is 0 Å². The van der Waals surface area contributed by atoms with Crippen LogP contribution in [0.1, 0.15) is 36.7 Å². The smallest absolute Gasteiger partial charge is 0.251 e. The molecule has 1 aromatic rings. The second kappa shape index (κ2) is 8.27. The van der Waals surface area contributed by atoms with E-state index < -0.39 is 0 Å². The number of morpholine rings is 1. The van der Waals surface area contributed by atoms with Crippen LogP contribution in [0.15, 0.2) is 30.3 Å². The van der Waals surface area contributed by atoms with Gasteiger partial charge in [0.2, 0.25) is 0 Å². The second-order valence-corrected chi connectivity index (χ2v) is 7.03. The molecule has 0 aromatic heterocycles. The van der Waals surface area contributed by atoms with Gasteiger partial charge >= 0.3 is 0 Å². The van der Waals surface area contributed by atoms with E-state index in [2.05, 4.69) is 43.1 Å². The topological polar surface area (TPSA) is 41.6 Å². The molecular formula is C19H28N2O2. The fraction of sp³-hybridized carbons (Fsp3) is 0.526. The van der Waals surface area contributed by atoms with E-state index in [1.807, 2.05) is 24.3 Å². The van der Waals surface area contributed by atoms with E-state index in [0.717, 1.165) is 38.4 Å². The van der Waals surface area contributed by atoms with Crippen molar-refractivity contribution in [3.63, 3.8) is 0 Å². The van der Waals surface area contributed by atoms with E-state index in [4.69, 9.17) is 4.74 Å². The Morgan fingerprint density at radius 3 is 2.48 bits per heavy atom. The molecule has 1 saturated heterocycles. The normalized spacial score (nSPS) is 16.7. The highest BCUT2D eigenvalue weighted by Crippen LogP contribution is 2.17. The number of carbonyl (C=O) groups is 1. The molecule has 4 heteroatoms. The third-order valence-electron chi connectivity index (χ3n) is 3.77. The number of nitrogens with one attached hydrogen (secondary N) is 1. The average Bonchev–Trinajstić information content (AvgIpc) is 2.54. The van der Waals surface area contributed by atoms with Crippen LogP contribution >= 0.6 is 0 Å². The minimum Gasteiger partial charge on any atom is -0.379 e. The van der Waals surface area contributed by atoms with E-state index in [-0.39, 0.29) is 11.3 Å². The quantitative estimate of drug-likeness (QED) is 0.908. The SMILES string of the molecule is CC(C)(C)/C=C/c1ccc(C(=O)NCCN2CCOCC2)cc1. The van der Waals surface area contributed by atoms with Crippen molar-refractivity contribution in [2.75, 3.05) is 39.4 Å². The summed E-state index contributed by atoms with van der Waals surface area (Å²) in [6, 6.07) is 7.73. The van der Waals surface area contributed by atoms with Gasteiger partial charge in [0.05, 0.1) is 13.2 Å².